The average molecular weight is 255 g/mol. The second-order valence-corrected chi connectivity index (χ2v) is 4.80. The van der Waals surface area contributed by atoms with Crippen LogP contribution in [0.25, 0.3) is 0 Å². The van der Waals surface area contributed by atoms with Gasteiger partial charge in [-0.3, -0.25) is 9.69 Å². The molecule has 1 heterocycles. The molecule has 0 spiro atoms. The summed E-state index contributed by atoms with van der Waals surface area (Å²) in [6, 6.07) is 7.06. The molecule has 17 heavy (non-hydrogen) atoms. The number of likely N-dealkylation sites (tertiary alicyclic amines) is 1. The maximum atomic E-state index is 11.3. The van der Waals surface area contributed by atoms with Gasteiger partial charge in [0.25, 0.3) is 0 Å². The lowest BCUT2D eigenvalue weighted by molar-refractivity contribution is -0.122. The van der Waals surface area contributed by atoms with E-state index in [2.05, 4.69) is 0 Å². The Morgan fingerprint density at radius 1 is 1.47 bits per heavy atom. The first-order valence-corrected chi connectivity index (χ1v) is 5.90. The summed E-state index contributed by atoms with van der Waals surface area (Å²) in [7, 11) is 0. The minimum Gasteiger partial charge on any atom is -0.392 e. The van der Waals surface area contributed by atoms with Crippen LogP contribution in [-0.2, 0) is 11.3 Å². The zero-order valence-corrected chi connectivity index (χ0v) is 10.1. The second kappa shape index (κ2) is 5.04. The summed E-state index contributed by atoms with van der Waals surface area (Å²) in [5.74, 6) is -0.379. The van der Waals surface area contributed by atoms with Gasteiger partial charge in [-0.05, 0) is 24.1 Å². The summed E-state index contributed by atoms with van der Waals surface area (Å²) in [5.41, 5.74) is 6.37. The molecule has 5 heteroatoms. The lowest BCUT2D eigenvalue weighted by atomic mass is 10.1. The van der Waals surface area contributed by atoms with Crippen molar-refractivity contribution in [2.24, 2.45) is 5.73 Å². The van der Waals surface area contributed by atoms with Crippen molar-refractivity contribution in [3.05, 3.63) is 34.9 Å². The topological polar surface area (TPSA) is 66.6 Å². The van der Waals surface area contributed by atoms with E-state index < -0.39 is 6.10 Å². The smallest absolute Gasteiger partial charge is 0.234 e. The highest BCUT2D eigenvalue weighted by atomic mass is 35.5. The van der Waals surface area contributed by atoms with Crippen LogP contribution in [0, 0.1) is 0 Å². The molecule has 92 valence electrons. The van der Waals surface area contributed by atoms with E-state index in [9.17, 15) is 9.90 Å². The predicted molar refractivity (Wildman–Crippen MR) is 65.5 cm³/mol. The Labute approximate surface area is 105 Å². The number of carbonyl (C=O) groups excluding carboxylic acids is 1. The first-order chi connectivity index (χ1) is 8.06. The number of aliphatic hydroxyl groups excluding tert-OH is 1. The van der Waals surface area contributed by atoms with Crippen molar-refractivity contribution >= 4 is 17.5 Å². The van der Waals surface area contributed by atoms with Crippen LogP contribution >= 0.6 is 11.6 Å². The van der Waals surface area contributed by atoms with E-state index in [0.29, 0.717) is 24.5 Å². The summed E-state index contributed by atoms with van der Waals surface area (Å²) in [5, 5.41) is 10.3. The number of amides is 1. The minimum absolute atomic E-state index is 0.374. The zero-order chi connectivity index (χ0) is 12.4. The van der Waals surface area contributed by atoms with E-state index >= 15 is 0 Å². The molecule has 0 saturated carbocycles. The van der Waals surface area contributed by atoms with Crippen LogP contribution < -0.4 is 5.73 Å². The van der Waals surface area contributed by atoms with Crippen molar-refractivity contribution in [1.29, 1.82) is 0 Å². The quantitative estimate of drug-likeness (QED) is 0.837. The molecule has 1 aromatic rings. The van der Waals surface area contributed by atoms with Gasteiger partial charge in [0.05, 0.1) is 12.1 Å². The van der Waals surface area contributed by atoms with Crippen molar-refractivity contribution < 1.29 is 9.90 Å². The third-order valence-electron chi connectivity index (χ3n) is 3.01. The molecule has 2 rings (SSSR count). The second-order valence-electron chi connectivity index (χ2n) is 4.36. The largest absolute Gasteiger partial charge is 0.392 e. The molecule has 0 aromatic heterocycles. The number of aliphatic hydroxyl groups is 1. The van der Waals surface area contributed by atoms with Gasteiger partial charge in [0, 0.05) is 18.1 Å². The summed E-state index contributed by atoms with van der Waals surface area (Å²) in [4.78, 5) is 13.1. The zero-order valence-electron chi connectivity index (χ0n) is 9.34. The summed E-state index contributed by atoms with van der Waals surface area (Å²) < 4.78 is 0. The Morgan fingerprint density at radius 3 is 2.71 bits per heavy atom. The Kier molecular flexibility index (Phi) is 3.66. The lowest BCUT2D eigenvalue weighted by Gasteiger charge is -2.21. The Bertz CT molecular complexity index is 407. The molecule has 0 bridgehead atoms. The van der Waals surface area contributed by atoms with Crippen molar-refractivity contribution in [3.63, 3.8) is 0 Å². The standard InChI is InChI=1S/C12H15ClN2O2/c13-9-3-1-8(2-4-9)6-15-7-10(16)5-11(15)12(14)17/h1-4,10-11,16H,5-7H2,(H2,14,17)/t10-,11+/m1/s1. The number of rotatable bonds is 3. The van der Waals surface area contributed by atoms with Crippen LogP contribution in [0.15, 0.2) is 24.3 Å². The van der Waals surface area contributed by atoms with Crippen molar-refractivity contribution in [1.82, 2.24) is 4.90 Å². The minimum atomic E-state index is -0.472. The Balaban J connectivity index is 2.07. The van der Waals surface area contributed by atoms with Gasteiger partial charge in [-0.1, -0.05) is 23.7 Å². The maximum absolute atomic E-state index is 11.3. The molecule has 1 fully saturated rings. The van der Waals surface area contributed by atoms with Crippen LogP contribution in [-0.4, -0.2) is 34.6 Å². The molecule has 2 atom stereocenters. The number of hydrogen-bond acceptors (Lipinski definition) is 3. The first-order valence-electron chi connectivity index (χ1n) is 5.52. The normalized spacial score (nSPS) is 25.1. The van der Waals surface area contributed by atoms with Gasteiger partial charge >= 0.3 is 0 Å². The lowest BCUT2D eigenvalue weighted by Crippen LogP contribution is -2.39. The van der Waals surface area contributed by atoms with Crippen molar-refractivity contribution in [3.8, 4) is 0 Å². The van der Waals surface area contributed by atoms with E-state index in [1.54, 1.807) is 0 Å². The van der Waals surface area contributed by atoms with Gasteiger partial charge < -0.3 is 10.8 Å². The first kappa shape index (κ1) is 12.4. The molecular formula is C12H15ClN2O2. The number of primary amides is 1. The molecule has 0 aliphatic carbocycles. The van der Waals surface area contributed by atoms with Gasteiger partial charge in [0.1, 0.15) is 0 Å². The number of halogens is 1. The van der Waals surface area contributed by atoms with E-state index in [1.807, 2.05) is 29.2 Å². The van der Waals surface area contributed by atoms with Crippen molar-refractivity contribution in [2.75, 3.05) is 6.54 Å². The van der Waals surface area contributed by atoms with Crippen LogP contribution in [0.3, 0.4) is 0 Å². The fourth-order valence-corrected chi connectivity index (χ4v) is 2.30. The molecule has 1 aliphatic heterocycles. The van der Waals surface area contributed by atoms with Crippen LogP contribution in [0.2, 0.25) is 5.02 Å². The summed E-state index contributed by atoms with van der Waals surface area (Å²) >= 11 is 5.80. The SMILES string of the molecule is NC(=O)[C@@H]1C[C@@H](O)CN1Cc1ccc(Cl)cc1. The highest BCUT2D eigenvalue weighted by Crippen LogP contribution is 2.21. The van der Waals surface area contributed by atoms with E-state index in [1.165, 1.54) is 0 Å². The Hall–Kier alpha value is -1.10. The molecule has 1 saturated heterocycles. The number of hydrogen-bond donors (Lipinski definition) is 2. The number of benzene rings is 1. The fourth-order valence-electron chi connectivity index (χ4n) is 2.17. The summed E-state index contributed by atoms with van der Waals surface area (Å²) in [6.07, 6.45) is -0.0528. The Morgan fingerprint density at radius 2 is 2.12 bits per heavy atom. The van der Waals surface area contributed by atoms with Gasteiger partial charge in [-0.15, -0.1) is 0 Å². The third kappa shape index (κ3) is 2.97. The van der Waals surface area contributed by atoms with Crippen LogP contribution in [0.4, 0.5) is 0 Å². The molecule has 0 unspecified atom stereocenters. The number of β-amino-alcohol motifs (C(OH)–C–C–N with tert-alkyl or cyclic N) is 1. The summed E-state index contributed by atoms with van der Waals surface area (Å²) in [6.45, 7) is 1.08. The molecule has 1 amide bonds. The van der Waals surface area contributed by atoms with Crippen LogP contribution in [0.1, 0.15) is 12.0 Å². The molecular weight excluding hydrogens is 240 g/mol. The number of nitrogens with two attached hydrogens (primary N) is 1. The van der Waals surface area contributed by atoms with E-state index in [-0.39, 0.29) is 11.9 Å². The highest BCUT2D eigenvalue weighted by Gasteiger charge is 2.34. The fraction of sp³-hybridized carbons (Fsp3) is 0.417. The van der Waals surface area contributed by atoms with Crippen molar-refractivity contribution in [2.45, 2.75) is 25.1 Å². The molecule has 1 aliphatic rings. The van der Waals surface area contributed by atoms with Gasteiger partial charge in [0.15, 0.2) is 0 Å². The van der Waals surface area contributed by atoms with Gasteiger partial charge in [-0.2, -0.15) is 0 Å². The van der Waals surface area contributed by atoms with E-state index in [4.69, 9.17) is 17.3 Å². The van der Waals surface area contributed by atoms with Gasteiger partial charge in [-0.25, -0.2) is 0 Å². The maximum Gasteiger partial charge on any atom is 0.234 e. The average Bonchev–Trinajstić information content (AvgIpc) is 2.63. The third-order valence-corrected chi connectivity index (χ3v) is 3.26. The van der Waals surface area contributed by atoms with E-state index in [0.717, 1.165) is 5.56 Å². The monoisotopic (exact) mass is 254 g/mol. The van der Waals surface area contributed by atoms with Crippen LogP contribution in [0.5, 0.6) is 0 Å². The molecule has 3 N–H and O–H groups in total. The molecule has 1 aromatic carbocycles. The number of carbonyl (C=O) groups is 1. The van der Waals surface area contributed by atoms with Gasteiger partial charge in [0.2, 0.25) is 5.91 Å². The number of nitrogens with zero attached hydrogens (tertiary/aromatic N) is 1. The highest BCUT2D eigenvalue weighted by molar-refractivity contribution is 6.30. The predicted octanol–water partition coefficient (Wildman–Crippen LogP) is 0.761. The molecule has 0 radical (unpaired) electrons. The molecule has 4 nitrogen and oxygen atoms in total.